The molecule has 3 aliphatic heterocycles. The number of hydrogen-bond donors (Lipinski definition) is 1. The number of benzene rings is 2. The van der Waals surface area contributed by atoms with E-state index in [1.807, 2.05) is 12.1 Å². The van der Waals surface area contributed by atoms with Crippen LogP contribution in [-0.4, -0.2) is 72.3 Å². The molecule has 2 saturated heterocycles. The van der Waals surface area contributed by atoms with Gasteiger partial charge in [0.25, 0.3) is 0 Å². The number of ether oxygens (including phenoxy) is 2. The van der Waals surface area contributed by atoms with Crippen molar-refractivity contribution in [2.24, 2.45) is 11.8 Å². The summed E-state index contributed by atoms with van der Waals surface area (Å²) in [4.78, 5) is 13.7. The van der Waals surface area contributed by atoms with Crippen LogP contribution in [0.3, 0.4) is 0 Å². The largest absolute Gasteiger partial charge is 0.486 e. The van der Waals surface area contributed by atoms with Crippen LogP contribution >= 0.6 is 15.9 Å². The van der Waals surface area contributed by atoms with Gasteiger partial charge in [-0.15, -0.1) is 0 Å². The first-order valence-corrected chi connectivity index (χ1v) is 12.0. The lowest BCUT2D eigenvalue weighted by atomic mass is 10.0. The quantitative estimate of drug-likeness (QED) is 0.567. The third kappa shape index (κ3) is 4.02. The summed E-state index contributed by atoms with van der Waals surface area (Å²) in [6.45, 7) is 6.00. The standard InChI is InChI=1S/C24H25BrFN5O2/c1-30-7-14-9-31(10-15(14)8-30)11-16-12-32-21-6-20-17(5-22(21)33-16)24(28-13-27-20)29-19-4-2-3-18(25)23(19)26/h2-6,13-16H,7-12H2,1H3,(H,27,28,29)/t14?,15?,16-/m0/s1. The van der Waals surface area contributed by atoms with Gasteiger partial charge in [-0.25, -0.2) is 14.4 Å². The normalized spacial score (nSPS) is 24.9. The molecule has 7 nitrogen and oxygen atoms in total. The molecule has 3 atom stereocenters. The maximum absolute atomic E-state index is 14.5. The molecule has 2 unspecified atom stereocenters. The van der Waals surface area contributed by atoms with E-state index in [4.69, 9.17) is 9.47 Å². The summed E-state index contributed by atoms with van der Waals surface area (Å²) >= 11 is 3.23. The molecule has 1 aromatic heterocycles. The van der Waals surface area contributed by atoms with E-state index >= 15 is 0 Å². The Morgan fingerprint density at radius 1 is 1.12 bits per heavy atom. The minimum Gasteiger partial charge on any atom is -0.486 e. The van der Waals surface area contributed by atoms with Crippen molar-refractivity contribution >= 4 is 38.3 Å². The summed E-state index contributed by atoms with van der Waals surface area (Å²) in [5, 5.41) is 3.84. The second-order valence-electron chi connectivity index (χ2n) is 9.28. The van der Waals surface area contributed by atoms with E-state index in [9.17, 15) is 4.39 Å². The molecule has 0 aliphatic carbocycles. The molecule has 33 heavy (non-hydrogen) atoms. The van der Waals surface area contributed by atoms with E-state index in [0.717, 1.165) is 36.9 Å². The molecule has 0 bridgehead atoms. The smallest absolute Gasteiger partial charge is 0.163 e. The molecule has 4 heterocycles. The number of anilines is 2. The van der Waals surface area contributed by atoms with E-state index in [-0.39, 0.29) is 11.9 Å². The average Bonchev–Trinajstić information content (AvgIpc) is 3.32. The number of hydrogen-bond acceptors (Lipinski definition) is 7. The molecule has 9 heteroatoms. The fourth-order valence-corrected chi connectivity index (χ4v) is 5.71. The maximum atomic E-state index is 14.5. The lowest BCUT2D eigenvalue weighted by Gasteiger charge is -2.30. The molecule has 3 aromatic rings. The van der Waals surface area contributed by atoms with Gasteiger partial charge in [0.2, 0.25) is 0 Å². The zero-order valence-corrected chi connectivity index (χ0v) is 19.9. The Morgan fingerprint density at radius 2 is 1.94 bits per heavy atom. The SMILES string of the molecule is CN1CC2CN(C[C@H]3COc4cc5ncnc(Nc6cccc(Br)c6F)c5cc4O3)CC2C1. The lowest BCUT2D eigenvalue weighted by molar-refractivity contribution is 0.0625. The monoisotopic (exact) mass is 513 g/mol. The third-order valence-corrected chi connectivity index (χ3v) is 7.44. The zero-order valence-electron chi connectivity index (χ0n) is 18.3. The highest BCUT2D eigenvalue weighted by atomic mass is 79.9. The Balaban J connectivity index is 1.22. The second kappa shape index (κ2) is 8.38. The third-order valence-electron chi connectivity index (χ3n) is 6.83. The number of nitrogens with zero attached hydrogens (tertiary/aromatic N) is 4. The van der Waals surface area contributed by atoms with Gasteiger partial charge in [-0.3, -0.25) is 4.90 Å². The van der Waals surface area contributed by atoms with Gasteiger partial charge in [0.05, 0.1) is 15.7 Å². The molecule has 0 saturated carbocycles. The molecule has 6 rings (SSSR count). The summed E-state index contributed by atoms with van der Waals surface area (Å²) in [5.41, 5.74) is 1.04. The molecule has 0 amide bonds. The van der Waals surface area contributed by atoms with Gasteiger partial charge in [0, 0.05) is 44.2 Å². The van der Waals surface area contributed by atoms with Gasteiger partial charge < -0.3 is 19.7 Å². The number of rotatable bonds is 4. The topological polar surface area (TPSA) is 62.8 Å². The Kier molecular flexibility index (Phi) is 5.35. The van der Waals surface area contributed by atoms with Crippen molar-refractivity contribution in [3.8, 4) is 11.5 Å². The van der Waals surface area contributed by atoms with Crippen LogP contribution in [0.15, 0.2) is 41.1 Å². The van der Waals surface area contributed by atoms with Gasteiger partial charge in [-0.2, -0.15) is 0 Å². The van der Waals surface area contributed by atoms with Crippen LogP contribution in [0.2, 0.25) is 0 Å². The van der Waals surface area contributed by atoms with Crippen LogP contribution in [0.4, 0.5) is 15.9 Å². The fourth-order valence-electron chi connectivity index (χ4n) is 5.34. The predicted octanol–water partition coefficient (Wildman–Crippen LogP) is 3.91. The second-order valence-corrected chi connectivity index (χ2v) is 10.1. The Hall–Kier alpha value is -2.49. The summed E-state index contributed by atoms with van der Waals surface area (Å²) in [6, 6.07) is 8.86. The first-order chi connectivity index (χ1) is 16.0. The molecular weight excluding hydrogens is 489 g/mol. The summed E-state index contributed by atoms with van der Waals surface area (Å²) in [5.74, 6) is 3.02. The molecular formula is C24H25BrFN5O2. The Morgan fingerprint density at radius 3 is 2.76 bits per heavy atom. The summed E-state index contributed by atoms with van der Waals surface area (Å²) in [7, 11) is 2.21. The van der Waals surface area contributed by atoms with Crippen LogP contribution in [0, 0.1) is 17.7 Å². The van der Waals surface area contributed by atoms with Gasteiger partial charge in [0.1, 0.15) is 24.9 Å². The number of likely N-dealkylation sites (tertiary alicyclic amines) is 2. The molecule has 2 aromatic carbocycles. The van der Waals surface area contributed by atoms with E-state index in [0.29, 0.717) is 39.6 Å². The molecule has 172 valence electrons. The highest BCUT2D eigenvalue weighted by molar-refractivity contribution is 9.10. The van der Waals surface area contributed by atoms with Gasteiger partial charge >= 0.3 is 0 Å². The average molecular weight is 514 g/mol. The van der Waals surface area contributed by atoms with Crippen LogP contribution in [0.5, 0.6) is 11.5 Å². The van der Waals surface area contributed by atoms with Gasteiger partial charge in [0.15, 0.2) is 17.3 Å². The van der Waals surface area contributed by atoms with Crippen molar-refractivity contribution in [2.45, 2.75) is 6.10 Å². The Bertz CT molecular complexity index is 1200. The molecule has 3 aliphatic rings. The van der Waals surface area contributed by atoms with Gasteiger partial charge in [-0.1, -0.05) is 6.07 Å². The predicted molar refractivity (Wildman–Crippen MR) is 128 cm³/mol. The van der Waals surface area contributed by atoms with Crippen LogP contribution in [-0.2, 0) is 0 Å². The van der Waals surface area contributed by atoms with E-state index in [1.54, 1.807) is 18.2 Å². The van der Waals surface area contributed by atoms with Crippen molar-refractivity contribution < 1.29 is 13.9 Å². The van der Waals surface area contributed by atoms with Crippen molar-refractivity contribution in [1.82, 2.24) is 19.8 Å². The van der Waals surface area contributed by atoms with E-state index in [1.165, 1.54) is 19.4 Å². The summed E-state index contributed by atoms with van der Waals surface area (Å²) in [6.07, 6.45) is 1.43. The highest BCUT2D eigenvalue weighted by Crippen LogP contribution is 2.38. The molecule has 0 radical (unpaired) electrons. The molecule has 1 N–H and O–H groups in total. The number of halogens is 2. The molecule has 0 spiro atoms. The minimum absolute atomic E-state index is 0.0323. The number of aromatic nitrogens is 2. The highest BCUT2D eigenvalue weighted by Gasteiger charge is 2.39. The van der Waals surface area contributed by atoms with Crippen LogP contribution in [0.1, 0.15) is 0 Å². The van der Waals surface area contributed by atoms with Crippen molar-refractivity contribution in [3.63, 3.8) is 0 Å². The van der Waals surface area contributed by atoms with Crippen molar-refractivity contribution in [3.05, 3.63) is 46.9 Å². The zero-order chi connectivity index (χ0) is 22.5. The Labute approximate surface area is 200 Å². The van der Waals surface area contributed by atoms with Crippen LogP contribution < -0.4 is 14.8 Å². The van der Waals surface area contributed by atoms with E-state index < -0.39 is 0 Å². The minimum atomic E-state index is -0.372. The fraction of sp³-hybridized carbons (Fsp3) is 0.417. The lowest BCUT2D eigenvalue weighted by Crippen LogP contribution is -2.41. The van der Waals surface area contributed by atoms with Crippen LogP contribution in [0.25, 0.3) is 10.9 Å². The summed E-state index contributed by atoms with van der Waals surface area (Å²) < 4.78 is 27.3. The van der Waals surface area contributed by atoms with Gasteiger partial charge in [-0.05, 0) is 53.0 Å². The first-order valence-electron chi connectivity index (χ1n) is 11.2. The molecule has 2 fully saturated rings. The number of nitrogens with one attached hydrogen (secondary N) is 1. The van der Waals surface area contributed by atoms with Crippen molar-refractivity contribution in [2.75, 3.05) is 51.7 Å². The maximum Gasteiger partial charge on any atom is 0.163 e. The van der Waals surface area contributed by atoms with Crippen molar-refractivity contribution in [1.29, 1.82) is 0 Å². The van der Waals surface area contributed by atoms with E-state index in [2.05, 4.69) is 48.1 Å². The first kappa shape index (κ1) is 21.1. The number of fused-ring (bicyclic) bond motifs is 3.